The molecule has 0 bridgehead atoms. The van der Waals surface area contributed by atoms with Crippen molar-refractivity contribution in [3.8, 4) is 0 Å². The van der Waals surface area contributed by atoms with E-state index in [2.05, 4.69) is 43.8 Å². The van der Waals surface area contributed by atoms with Gasteiger partial charge in [0.2, 0.25) is 5.91 Å². The minimum Gasteiger partial charge on any atom is -0.356 e. The monoisotopic (exact) mass is 435 g/mol. The van der Waals surface area contributed by atoms with Crippen LogP contribution in [0.5, 0.6) is 0 Å². The minimum atomic E-state index is -0.213. The van der Waals surface area contributed by atoms with Crippen molar-refractivity contribution in [3.05, 3.63) is 95.7 Å². The molecule has 0 radical (unpaired) electrons. The number of hydrogen-bond acceptors (Lipinski definition) is 3. The van der Waals surface area contributed by atoms with Gasteiger partial charge in [-0.2, -0.15) is 0 Å². The zero-order valence-corrected chi connectivity index (χ0v) is 18.5. The fourth-order valence-electron chi connectivity index (χ4n) is 5.18. The highest BCUT2D eigenvalue weighted by Gasteiger charge is 2.35. The van der Waals surface area contributed by atoms with Crippen LogP contribution in [0.25, 0.3) is 21.9 Å². The lowest BCUT2D eigenvalue weighted by atomic mass is 9.94. The van der Waals surface area contributed by atoms with Crippen molar-refractivity contribution in [2.75, 3.05) is 6.54 Å². The zero-order chi connectivity index (χ0) is 22.4. The molecule has 0 saturated heterocycles. The topological polar surface area (TPSA) is 66.8 Å². The molecule has 5 aromatic rings. The van der Waals surface area contributed by atoms with Crippen molar-refractivity contribution in [1.82, 2.24) is 24.4 Å². The summed E-state index contributed by atoms with van der Waals surface area (Å²) in [7, 11) is 0. The number of carbonyl (C=O) groups excluding carboxylic acids is 1. The SMILES string of the molecule is Cc1nc2ccccc2n1CCC(=O)N1CCc2c([nH]c3ccccc23)[C@@H]1c1ccccn1. The molecular formula is C27H25N5O. The van der Waals surface area contributed by atoms with Gasteiger partial charge in [0.15, 0.2) is 0 Å². The van der Waals surface area contributed by atoms with Crippen molar-refractivity contribution in [2.45, 2.75) is 32.4 Å². The van der Waals surface area contributed by atoms with Crippen LogP contribution in [0.15, 0.2) is 72.9 Å². The van der Waals surface area contributed by atoms with Crippen LogP contribution in [-0.2, 0) is 17.8 Å². The van der Waals surface area contributed by atoms with E-state index in [0.29, 0.717) is 19.5 Å². The Kier molecular flexibility index (Phi) is 4.72. The van der Waals surface area contributed by atoms with Crippen molar-refractivity contribution in [3.63, 3.8) is 0 Å². The van der Waals surface area contributed by atoms with Crippen LogP contribution in [0.4, 0.5) is 0 Å². The molecule has 0 fully saturated rings. The Balaban J connectivity index is 1.34. The molecule has 0 aliphatic carbocycles. The number of para-hydroxylation sites is 3. The van der Waals surface area contributed by atoms with Crippen molar-refractivity contribution >= 4 is 27.8 Å². The summed E-state index contributed by atoms with van der Waals surface area (Å²) in [5.74, 6) is 1.06. The van der Waals surface area contributed by atoms with Crippen LogP contribution >= 0.6 is 0 Å². The second-order valence-electron chi connectivity index (χ2n) is 8.61. The minimum absolute atomic E-state index is 0.132. The molecule has 33 heavy (non-hydrogen) atoms. The molecule has 164 valence electrons. The molecule has 1 atom stereocenters. The molecule has 1 aliphatic heterocycles. The van der Waals surface area contributed by atoms with Crippen LogP contribution < -0.4 is 0 Å². The summed E-state index contributed by atoms with van der Waals surface area (Å²) < 4.78 is 2.14. The highest BCUT2D eigenvalue weighted by atomic mass is 16.2. The third-order valence-corrected chi connectivity index (χ3v) is 6.72. The van der Waals surface area contributed by atoms with Gasteiger partial charge in [0.25, 0.3) is 0 Å². The van der Waals surface area contributed by atoms with Gasteiger partial charge in [-0.3, -0.25) is 9.78 Å². The molecule has 0 saturated carbocycles. The van der Waals surface area contributed by atoms with Crippen molar-refractivity contribution in [1.29, 1.82) is 0 Å². The number of H-pyrrole nitrogens is 1. The first-order valence-electron chi connectivity index (χ1n) is 11.4. The molecule has 1 amide bonds. The summed E-state index contributed by atoms with van der Waals surface area (Å²) in [5, 5.41) is 1.24. The summed E-state index contributed by atoms with van der Waals surface area (Å²) in [5.41, 5.74) is 6.41. The molecule has 6 heteroatoms. The molecule has 0 spiro atoms. The third kappa shape index (κ3) is 3.30. The Morgan fingerprint density at radius 3 is 2.76 bits per heavy atom. The van der Waals surface area contributed by atoms with Gasteiger partial charge in [0, 0.05) is 42.3 Å². The number of aryl methyl sites for hydroxylation is 2. The predicted molar refractivity (Wildman–Crippen MR) is 129 cm³/mol. The average Bonchev–Trinajstić information content (AvgIpc) is 3.39. The van der Waals surface area contributed by atoms with E-state index in [9.17, 15) is 4.79 Å². The molecule has 4 heterocycles. The Labute approximate surface area is 191 Å². The summed E-state index contributed by atoms with van der Waals surface area (Å²) in [6.45, 7) is 3.29. The maximum atomic E-state index is 13.6. The Morgan fingerprint density at radius 2 is 1.88 bits per heavy atom. The number of hydrogen-bond donors (Lipinski definition) is 1. The van der Waals surface area contributed by atoms with E-state index < -0.39 is 0 Å². The number of imidazole rings is 1. The van der Waals surface area contributed by atoms with Gasteiger partial charge in [-0.05, 0) is 49.2 Å². The van der Waals surface area contributed by atoms with E-state index >= 15 is 0 Å². The zero-order valence-electron chi connectivity index (χ0n) is 18.5. The Morgan fingerprint density at radius 1 is 1.06 bits per heavy atom. The van der Waals surface area contributed by atoms with Gasteiger partial charge in [-0.25, -0.2) is 4.98 Å². The fraction of sp³-hybridized carbons (Fsp3) is 0.222. The molecule has 1 aliphatic rings. The van der Waals surface area contributed by atoms with Gasteiger partial charge in [-0.15, -0.1) is 0 Å². The van der Waals surface area contributed by atoms with Crippen LogP contribution in [-0.4, -0.2) is 36.9 Å². The predicted octanol–water partition coefficient (Wildman–Crippen LogP) is 4.79. The van der Waals surface area contributed by atoms with Gasteiger partial charge in [0.05, 0.1) is 16.7 Å². The standard InChI is InChI=1S/C27H25N5O/c1-18-29-22-10-4-5-12-24(22)31(18)17-14-25(33)32-16-13-20-19-8-2-3-9-21(19)30-26(20)27(32)23-11-6-7-15-28-23/h2-12,15,27,30H,13-14,16-17H2,1H3/t27-/m0/s1. The molecule has 3 aromatic heterocycles. The van der Waals surface area contributed by atoms with E-state index in [-0.39, 0.29) is 11.9 Å². The molecule has 0 unspecified atom stereocenters. The van der Waals surface area contributed by atoms with Crippen molar-refractivity contribution in [2.24, 2.45) is 0 Å². The lowest BCUT2D eigenvalue weighted by Crippen LogP contribution is -2.41. The number of amides is 1. The highest BCUT2D eigenvalue weighted by Crippen LogP contribution is 2.38. The van der Waals surface area contributed by atoms with E-state index in [0.717, 1.165) is 40.2 Å². The van der Waals surface area contributed by atoms with Crippen molar-refractivity contribution < 1.29 is 4.79 Å². The molecular weight excluding hydrogens is 410 g/mol. The van der Waals surface area contributed by atoms with Crippen LogP contribution in [0.3, 0.4) is 0 Å². The molecule has 1 N–H and O–H groups in total. The van der Waals surface area contributed by atoms with Gasteiger partial charge in [-0.1, -0.05) is 36.4 Å². The highest BCUT2D eigenvalue weighted by molar-refractivity contribution is 5.86. The lowest BCUT2D eigenvalue weighted by molar-refractivity contribution is -0.133. The maximum Gasteiger partial charge on any atom is 0.225 e. The first kappa shape index (κ1) is 19.7. The normalized spacial score (nSPS) is 15.8. The van der Waals surface area contributed by atoms with Gasteiger partial charge in [0.1, 0.15) is 11.9 Å². The Hall–Kier alpha value is -3.93. The molecule has 2 aromatic carbocycles. The van der Waals surface area contributed by atoms with Gasteiger partial charge >= 0.3 is 0 Å². The third-order valence-electron chi connectivity index (χ3n) is 6.72. The Bertz CT molecular complexity index is 1470. The van der Waals surface area contributed by atoms with E-state index in [4.69, 9.17) is 0 Å². The number of aromatic nitrogens is 4. The lowest BCUT2D eigenvalue weighted by Gasteiger charge is -2.35. The van der Waals surface area contributed by atoms with Crippen LogP contribution in [0.1, 0.15) is 35.2 Å². The summed E-state index contributed by atoms with van der Waals surface area (Å²) in [6.07, 6.45) is 3.05. The number of aromatic amines is 1. The fourth-order valence-corrected chi connectivity index (χ4v) is 5.18. The molecule has 6 nitrogen and oxygen atoms in total. The van der Waals surface area contributed by atoms with E-state index in [1.165, 1.54) is 10.9 Å². The first-order chi connectivity index (χ1) is 16.2. The number of carbonyl (C=O) groups is 1. The van der Waals surface area contributed by atoms with Crippen LogP contribution in [0, 0.1) is 6.92 Å². The second kappa shape index (κ2) is 7.89. The number of rotatable bonds is 4. The average molecular weight is 436 g/mol. The first-order valence-corrected chi connectivity index (χ1v) is 11.4. The number of nitrogens with one attached hydrogen (secondary N) is 1. The smallest absolute Gasteiger partial charge is 0.225 e. The van der Waals surface area contributed by atoms with E-state index in [1.54, 1.807) is 6.20 Å². The quantitative estimate of drug-likeness (QED) is 0.442. The van der Waals surface area contributed by atoms with Gasteiger partial charge < -0.3 is 14.5 Å². The second-order valence-corrected chi connectivity index (χ2v) is 8.61. The van der Waals surface area contributed by atoms with Crippen LogP contribution in [0.2, 0.25) is 0 Å². The summed E-state index contributed by atoms with van der Waals surface area (Å²) in [4.78, 5) is 28.5. The number of fused-ring (bicyclic) bond motifs is 4. The number of benzene rings is 2. The molecule has 6 rings (SSSR count). The largest absolute Gasteiger partial charge is 0.356 e. The summed E-state index contributed by atoms with van der Waals surface area (Å²) in [6, 6.07) is 22.2. The maximum absolute atomic E-state index is 13.6. The number of pyridine rings is 1. The van der Waals surface area contributed by atoms with E-state index in [1.807, 2.05) is 54.3 Å². The number of nitrogens with zero attached hydrogens (tertiary/aromatic N) is 4. The summed E-state index contributed by atoms with van der Waals surface area (Å²) >= 11 is 0.